The van der Waals surface area contributed by atoms with Crippen LogP contribution >= 0.6 is 0 Å². The van der Waals surface area contributed by atoms with Gasteiger partial charge in [0, 0.05) is 27.2 Å². The van der Waals surface area contributed by atoms with E-state index in [2.05, 4.69) is 0 Å². The summed E-state index contributed by atoms with van der Waals surface area (Å²) in [6, 6.07) is 0. The Kier molecular flexibility index (Phi) is 20.2. The first kappa shape index (κ1) is 28.4. The summed E-state index contributed by atoms with van der Waals surface area (Å²) in [6.07, 6.45) is 2.31. The van der Waals surface area contributed by atoms with Crippen LogP contribution in [0.4, 0.5) is 0 Å². The lowest BCUT2D eigenvalue weighted by Crippen LogP contribution is -2.22. The molecule has 1 fully saturated rings. The maximum Gasteiger partial charge on any atom is 0.163 e. The lowest BCUT2D eigenvalue weighted by molar-refractivity contribution is -0.140. The fourth-order valence-electron chi connectivity index (χ4n) is 2.18. The number of methoxy groups -OCH3 is 2. The molecule has 9 heteroatoms. The van der Waals surface area contributed by atoms with Crippen molar-refractivity contribution in [2.24, 2.45) is 0 Å². The third kappa shape index (κ3) is 20.4. The van der Waals surface area contributed by atoms with Crippen LogP contribution in [0.5, 0.6) is 0 Å². The number of carbonyl (C=O) groups is 1. The summed E-state index contributed by atoms with van der Waals surface area (Å²) in [6.45, 7) is 10.4. The van der Waals surface area contributed by atoms with Crippen LogP contribution in [0.25, 0.3) is 0 Å². The molecule has 0 aromatic carbocycles. The van der Waals surface area contributed by atoms with Crippen LogP contribution < -0.4 is 0 Å². The largest absolute Gasteiger partial charge is 0.382 e. The number of hydrogen-bond acceptors (Lipinski definition) is 9. The van der Waals surface area contributed by atoms with E-state index in [-0.39, 0.29) is 6.10 Å². The van der Waals surface area contributed by atoms with E-state index in [1.807, 2.05) is 13.8 Å². The molecule has 0 radical (unpaired) electrons. The highest BCUT2D eigenvalue weighted by atomic mass is 16.7. The summed E-state index contributed by atoms with van der Waals surface area (Å²) in [5, 5.41) is 0. The first-order chi connectivity index (χ1) is 14.1. The van der Waals surface area contributed by atoms with E-state index in [4.69, 9.17) is 37.9 Å². The highest BCUT2D eigenvalue weighted by molar-refractivity contribution is 5.49. The van der Waals surface area contributed by atoms with E-state index in [1.54, 1.807) is 14.2 Å². The Morgan fingerprint density at radius 1 is 0.793 bits per heavy atom. The van der Waals surface area contributed by atoms with Crippen molar-refractivity contribution in [2.75, 3.05) is 86.9 Å². The van der Waals surface area contributed by atoms with Gasteiger partial charge in [0.15, 0.2) is 5.79 Å². The summed E-state index contributed by atoms with van der Waals surface area (Å²) in [5.74, 6) is -0.437. The Morgan fingerprint density at radius 3 is 1.72 bits per heavy atom. The van der Waals surface area contributed by atoms with Gasteiger partial charge < -0.3 is 42.7 Å². The van der Waals surface area contributed by atoms with Crippen molar-refractivity contribution in [1.29, 1.82) is 0 Å². The van der Waals surface area contributed by atoms with Gasteiger partial charge in [-0.1, -0.05) is 0 Å². The van der Waals surface area contributed by atoms with Gasteiger partial charge in [0.1, 0.15) is 6.29 Å². The van der Waals surface area contributed by atoms with E-state index in [1.165, 1.54) is 0 Å². The molecule has 1 unspecified atom stereocenters. The summed E-state index contributed by atoms with van der Waals surface area (Å²) in [4.78, 5) is 9.85. The highest BCUT2D eigenvalue weighted by Crippen LogP contribution is 2.23. The minimum Gasteiger partial charge on any atom is -0.382 e. The molecule has 0 spiro atoms. The third-order valence-electron chi connectivity index (χ3n) is 3.64. The summed E-state index contributed by atoms with van der Waals surface area (Å²) in [7, 11) is 3.29. The van der Waals surface area contributed by atoms with Crippen molar-refractivity contribution < 1.29 is 42.7 Å². The van der Waals surface area contributed by atoms with E-state index >= 15 is 0 Å². The maximum atomic E-state index is 9.85. The number of aldehydes is 1. The molecule has 0 aliphatic carbocycles. The summed E-state index contributed by atoms with van der Waals surface area (Å²) in [5.41, 5.74) is 0. The zero-order valence-electron chi connectivity index (χ0n) is 18.5. The summed E-state index contributed by atoms with van der Waals surface area (Å²) >= 11 is 0. The minimum atomic E-state index is -0.437. The topological polar surface area (TPSA) is 90.9 Å². The predicted molar refractivity (Wildman–Crippen MR) is 107 cm³/mol. The standard InChI is InChI=1S/C12H24O5.C8H16O4/c1-12(2)16-10-11(17-12)4-5-14-8-9-15-7-6-13-3;1-10-5-6-12-8-7-11-4-2-3-9/h11H,4-10H2,1-3H3;3H,2,4-8H2,1H3. The molecular weight excluding hydrogens is 384 g/mol. The lowest BCUT2D eigenvalue weighted by Gasteiger charge is -2.17. The van der Waals surface area contributed by atoms with Crippen LogP contribution in [-0.4, -0.2) is 105 Å². The van der Waals surface area contributed by atoms with Gasteiger partial charge in [-0.2, -0.15) is 0 Å². The van der Waals surface area contributed by atoms with Crippen LogP contribution in [0.1, 0.15) is 26.7 Å². The molecule has 1 aliphatic heterocycles. The third-order valence-corrected chi connectivity index (χ3v) is 3.64. The molecule has 1 saturated heterocycles. The Labute approximate surface area is 175 Å². The second-order valence-electron chi connectivity index (χ2n) is 6.63. The van der Waals surface area contributed by atoms with E-state index < -0.39 is 5.79 Å². The fourth-order valence-corrected chi connectivity index (χ4v) is 2.18. The Bertz CT molecular complexity index is 353. The quantitative estimate of drug-likeness (QED) is 0.240. The van der Waals surface area contributed by atoms with Gasteiger partial charge in [-0.25, -0.2) is 0 Å². The number of carbonyl (C=O) groups excluding carboxylic acids is 1. The zero-order chi connectivity index (χ0) is 21.6. The second kappa shape index (κ2) is 20.6. The van der Waals surface area contributed by atoms with Gasteiger partial charge in [0.05, 0.1) is 72.2 Å². The molecule has 29 heavy (non-hydrogen) atoms. The average molecular weight is 425 g/mol. The zero-order valence-corrected chi connectivity index (χ0v) is 18.5. The van der Waals surface area contributed by atoms with Gasteiger partial charge in [0.25, 0.3) is 0 Å². The van der Waals surface area contributed by atoms with E-state index in [9.17, 15) is 4.79 Å². The molecule has 0 aromatic heterocycles. The van der Waals surface area contributed by atoms with Crippen molar-refractivity contribution in [3.05, 3.63) is 0 Å². The molecule has 1 aliphatic rings. The molecule has 0 amide bonds. The van der Waals surface area contributed by atoms with Crippen LogP contribution in [-0.2, 0) is 42.7 Å². The molecule has 1 atom stereocenters. The molecule has 0 N–H and O–H groups in total. The van der Waals surface area contributed by atoms with Crippen molar-refractivity contribution in [2.45, 2.75) is 38.6 Å². The number of rotatable bonds is 18. The SMILES string of the molecule is COCCOCCOCCC1COC(C)(C)O1.COCCOCCOCCC=O. The maximum absolute atomic E-state index is 9.85. The number of hydrogen-bond donors (Lipinski definition) is 0. The Morgan fingerprint density at radius 2 is 1.28 bits per heavy atom. The second-order valence-corrected chi connectivity index (χ2v) is 6.63. The molecule has 1 rings (SSSR count). The lowest BCUT2D eigenvalue weighted by atomic mass is 10.3. The molecule has 0 aromatic rings. The molecule has 1 heterocycles. The molecular formula is C20H40O9. The first-order valence-corrected chi connectivity index (χ1v) is 10.1. The predicted octanol–water partition coefficient (Wildman–Crippen LogP) is 1.46. The van der Waals surface area contributed by atoms with Crippen molar-refractivity contribution in [1.82, 2.24) is 0 Å². The number of ether oxygens (including phenoxy) is 8. The monoisotopic (exact) mass is 424 g/mol. The van der Waals surface area contributed by atoms with Crippen molar-refractivity contribution in [3.8, 4) is 0 Å². The van der Waals surface area contributed by atoms with Crippen LogP contribution in [0, 0.1) is 0 Å². The molecule has 174 valence electrons. The highest BCUT2D eigenvalue weighted by Gasteiger charge is 2.32. The minimum absolute atomic E-state index is 0.152. The van der Waals surface area contributed by atoms with Crippen LogP contribution in [0.3, 0.4) is 0 Å². The van der Waals surface area contributed by atoms with Gasteiger partial charge in [0.2, 0.25) is 0 Å². The Hall–Kier alpha value is -0.650. The van der Waals surface area contributed by atoms with Gasteiger partial charge >= 0.3 is 0 Å². The van der Waals surface area contributed by atoms with E-state index in [0.29, 0.717) is 79.1 Å². The smallest absolute Gasteiger partial charge is 0.163 e. The van der Waals surface area contributed by atoms with Crippen molar-refractivity contribution >= 4 is 6.29 Å². The summed E-state index contributed by atoms with van der Waals surface area (Å²) < 4.78 is 41.6. The van der Waals surface area contributed by atoms with Crippen LogP contribution in [0.15, 0.2) is 0 Å². The van der Waals surface area contributed by atoms with E-state index in [0.717, 1.165) is 12.7 Å². The van der Waals surface area contributed by atoms with Crippen LogP contribution in [0.2, 0.25) is 0 Å². The average Bonchev–Trinajstić information content (AvgIpc) is 3.05. The molecule has 9 nitrogen and oxygen atoms in total. The van der Waals surface area contributed by atoms with Gasteiger partial charge in [-0.05, 0) is 20.3 Å². The molecule has 0 saturated carbocycles. The fraction of sp³-hybridized carbons (Fsp3) is 0.950. The Balaban J connectivity index is 0.000000578. The van der Waals surface area contributed by atoms with Gasteiger partial charge in [-0.3, -0.25) is 0 Å². The molecule has 0 bridgehead atoms. The van der Waals surface area contributed by atoms with Crippen molar-refractivity contribution in [3.63, 3.8) is 0 Å². The first-order valence-electron chi connectivity index (χ1n) is 10.1. The van der Waals surface area contributed by atoms with Gasteiger partial charge in [-0.15, -0.1) is 0 Å². The normalized spacial score (nSPS) is 17.7.